The molecule has 1 aromatic heterocycles. The molecule has 4 rings (SSSR count). The number of ether oxygens (including phenoxy) is 3. The van der Waals surface area contributed by atoms with E-state index in [9.17, 15) is 5.11 Å². The molecule has 9 heteroatoms. The third-order valence-corrected chi connectivity index (χ3v) is 5.61. The molecule has 1 aliphatic heterocycles. The lowest BCUT2D eigenvalue weighted by molar-refractivity contribution is 0.0363. The van der Waals surface area contributed by atoms with Crippen LogP contribution in [0.3, 0.4) is 0 Å². The molecule has 3 aromatic rings. The summed E-state index contributed by atoms with van der Waals surface area (Å²) in [5, 5.41) is 19.3. The second-order valence-electron chi connectivity index (χ2n) is 7.67. The van der Waals surface area contributed by atoms with Gasteiger partial charge in [0.05, 0.1) is 37.9 Å². The van der Waals surface area contributed by atoms with Gasteiger partial charge in [0.15, 0.2) is 0 Å². The van der Waals surface area contributed by atoms with Gasteiger partial charge in [-0.05, 0) is 36.4 Å². The summed E-state index contributed by atoms with van der Waals surface area (Å²) < 4.78 is 20.2. The number of benzene rings is 2. The van der Waals surface area contributed by atoms with Crippen molar-refractivity contribution in [3.8, 4) is 11.5 Å². The summed E-state index contributed by atoms with van der Waals surface area (Å²) in [5.74, 6) is 1.43. The van der Waals surface area contributed by atoms with Crippen LogP contribution in [-0.4, -0.2) is 71.8 Å². The molecule has 2 heterocycles. The number of imidazole rings is 1. The Morgan fingerprint density at radius 2 is 1.59 bits per heavy atom. The number of aromatic nitrogens is 2. The van der Waals surface area contributed by atoms with Crippen molar-refractivity contribution < 1.29 is 19.3 Å². The smallest absolute Gasteiger partial charge is 0.203 e. The van der Waals surface area contributed by atoms with Crippen LogP contribution in [-0.2, 0) is 17.8 Å². The zero-order chi connectivity index (χ0) is 21.6. The van der Waals surface area contributed by atoms with Gasteiger partial charge in [-0.25, -0.2) is 0 Å². The third kappa shape index (κ3) is 5.63. The minimum atomic E-state index is -0.741. The lowest BCUT2D eigenvalue weighted by atomic mass is 10.3. The standard InChI is InChI=1S/C23H30N4O4.ClH/c1-29-19-6-8-20(9-7-19)31-17-18(28)16-27-22-5-3-2-4-21(22)26(23(27)24)11-10-25-12-14-30-15-13-25;/h2-9,18,24,28H,10-17H2,1H3;1H. The maximum Gasteiger partial charge on any atom is 0.203 e. The highest BCUT2D eigenvalue weighted by molar-refractivity contribution is 5.85. The van der Waals surface area contributed by atoms with Crippen LogP contribution >= 0.6 is 12.4 Å². The van der Waals surface area contributed by atoms with E-state index >= 15 is 0 Å². The summed E-state index contributed by atoms with van der Waals surface area (Å²) in [6.07, 6.45) is -0.741. The lowest BCUT2D eigenvalue weighted by Crippen LogP contribution is -2.39. The fraction of sp³-hybridized carbons (Fsp3) is 0.435. The molecule has 0 spiro atoms. The molecule has 0 saturated carbocycles. The monoisotopic (exact) mass is 462 g/mol. The van der Waals surface area contributed by atoms with E-state index in [-0.39, 0.29) is 19.0 Å². The predicted octanol–water partition coefficient (Wildman–Crippen LogP) is 2.12. The Kier molecular flexibility index (Phi) is 8.58. The second kappa shape index (κ2) is 11.4. The highest BCUT2D eigenvalue weighted by Crippen LogP contribution is 2.18. The van der Waals surface area contributed by atoms with Crippen molar-refractivity contribution in [2.24, 2.45) is 0 Å². The predicted molar refractivity (Wildman–Crippen MR) is 125 cm³/mol. The first-order valence-corrected chi connectivity index (χ1v) is 10.6. The van der Waals surface area contributed by atoms with Gasteiger partial charge in [-0.2, -0.15) is 0 Å². The topological polar surface area (TPSA) is 84.9 Å². The van der Waals surface area contributed by atoms with Crippen LogP contribution in [0.2, 0.25) is 0 Å². The van der Waals surface area contributed by atoms with Crippen LogP contribution < -0.4 is 15.1 Å². The van der Waals surface area contributed by atoms with Crippen LogP contribution in [0.5, 0.6) is 11.5 Å². The second-order valence-corrected chi connectivity index (χ2v) is 7.67. The third-order valence-electron chi connectivity index (χ3n) is 5.61. The molecule has 1 unspecified atom stereocenters. The molecule has 2 aromatic carbocycles. The van der Waals surface area contributed by atoms with E-state index in [4.69, 9.17) is 19.6 Å². The normalized spacial score (nSPS) is 15.3. The average molecular weight is 463 g/mol. The highest BCUT2D eigenvalue weighted by atomic mass is 35.5. The largest absolute Gasteiger partial charge is 0.497 e. The highest BCUT2D eigenvalue weighted by Gasteiger charge is 2.16. The van der Waals surface area contributed by atoms with E-state index in [0.29, 0.717) is 17.9 Å². The van der Waals surface area contributed by atoms with E-state index in [1.54, 1.807) is 7.11 Å². The summed E-state index contributed by atoms with van der Waals surface area (Å²) in [7, 11) is 1.62. The Labute approximate surface area is 193 Å². The Morgan fingerprint density at radius 1 is 0.969 bits per heavy atom. The Bertz CT molecular complexity index is 1040. The van der Waals surface area contributed by atoms with E-state index in [2.05, 4.69) is 4.90 Å². The van der Waals surface area contributed by atoms with Gasteiger partial charge in [-0.3, -0.25) is 10.3 Å². The molecule has 0 aliphatic carbocycles. The fourth-order valence-corrected chi connectivity index (χ4v) is 3.90. The van der Waals surface area contributed by atoms with Crippen LogP contribution in [0.1, 0.15) is 0 Å². The van der Waals surface area contributed by atoms with Crippen molar-refractivity contribution in [2.75, 3.05) is 46.6 Å². The van der Waals surface area contributed by atoms with Crippen molar-refractivity contribution in [3.05, 3.63) is 54.1 Å². The van der Waals surface area contributed by atoms with Crippen LogP contribution in [0, 0.1) is 5.41 Å². The molecule has 0 amide bonds. The molecular formula is C23H31ClN4O4. The zero-order valence-electron chi connectivity index (χ0n) is 18.3. The molecule has 0 radical (unpaired) electrons. The number of fused-ring (bicyclic) bond motifs is 1. The summed E-state index contributed by atoms with van der Waals surface area (Å²) >= 11 is 0. The maximum atomic E-state index is 10.6. The SMILES string of the molecule is COc1ccc(OCC(O)Cn2c(=N)n(CCN3CCOCC3)c3ccccc32)cc1.Cl. The van der Waals surface area contributed by atoms with E-state index in [1.807, 2.05) is 57.7 Å². The fourth-order valence-electron chi connectivity index (χ4n) is 3.90. The molecule has 32 heavy (non-hydrogen) atoms. The summed E-state index contributed by atoms with van der Waals surface area (Å²) in [6.45, 7) is 5.41. The number of rotatable bonds is 9. The quantitative estimate of drug-likeness (QED) is 0.509. The van der Waals surface area contributed by atoms with Gasteiger partial charge in [-0.15, -0.1) is 12.4 Å². The maximum absolute atomic E-state index is 10.6. The van der Waals surface area contributed by atoms with Gasteiger partial charge in [0.1, 0.15) is 24.2 Å². The molecule has 0 bridgehead atoms. The lowest BCUT2D eigenvalue weighted by Gasteiger charge is -2.26. The Morgan fingerprint density at radius 3 is 2.25 bits per heavy atom. The molecule has 2 N–H and O–H groups in total. The first-order chi connectivity index (χ1) is 15.2. The Hall–Kier alpha value is -2.52. The Balaban J connectivity index is 0.00000289. The average Bonchev–Trinajstić information content (AvgIpc) is 3.08. The van der Waals surface area contributed by atoms with Gasteiger partial charge < -0.3 is 28.5 Å². The van der Waals surface area contributed by atoms with Crippen molar-refractivity contribution in [1.29, 1.82) is 5.41 Å². The molecule has 1 aliphatic rings. The van der Waals surface area contributed by atoms with E-state index < -0.39 is 6.10 Å². The number of halogens is 1. The number of para-hydroxylation sites is 2. The summed E-state index contributed by atoms with van der Waals surface area (Å²) in [5.41, 5.74) is 2.33. The number of hydrogen-bond donors (Lipinski definition) is 2. The molecule has 1 fully saturated rings. The number of aliphatic hydroxyl groups is 1. The van der Waals surface area contributed by atoms with Gasteiger partial charge in [0.25, 0.3) is 0 Å². The number of morpholine rings is 1. The van der Waals surface area contributed by atoms with E-state index in [1.165, 1.54) is 0 Å². The number of nitrogens with zero attached hydrogens (tertiary/aromatic N) is 3. The summed E-state index contributed by atoms with van der Waals surface area (Å²) in [4.78, 5) is 2.36. The molecule has 8 nitrogen and oxygen atoms in total. The first kappa shape index (κ1) is 24.1. The van der Waals surface area contributed by atoms with Crippen LogP contribution in [0.4, 0.5) is 0 Å². The van der Waals surface area contributed by atoms with Gasteiger partial charge in [-0.1, -0.05) is 12.1 Å². The van der Waals surface area contributed by atoms with Crippen molar-refractivity contribution in [1.82, 2.24) is 14.0 Å². The minimum absolute atomic E-state index is 0. The zero-order valence-corrected chi connectivity index (χ0v) is 19.1. The number of methoxy groups -OCH3 is 1. The van der Waals surface area contributed by atoms with Gasteiger partial charge in [0, 0.05) is 26.2 Å². The molecule has 1 saturated heterocycles. The number of nitrogens with one attached hydrogen (secondary N) is 1. The van der Waals surface area contributed by atoms with Crippen molar-refractivity contribution >= 4 is 23.4 Å². The van der Waals surface area contributed by atoms with Gasteiger partial charge >= 0.3 is 0 Å². The van der Waals surface area contributed by atoms with Crippen molar-refractivity contribution in [2.45, 2.75) is 19.2 Å². The molecule has 1 atom stereocenters. The minimum Gasteiger partial charge on any atom is -0.497 e. The molecule has 174 valence electrons. The van der Waals surface area contributed by atoms with Crippen LogP contribution in [0.25, 0.3) is 11.0 Å². The van der Waals surface area contributed by atoms with E-state index in [0.717, 1.165) is 56.2 Å². The molecular weight excluding hydrogens is 432 g/mol. The van der Waals surface area contributed by atoms with Crippen LogP contribution in [0.15, 0.2) is 48.5 Å². The first-order valence-electron chi connectivity index (χ1n) is 10.6. The summed E-state index contributed by atoms with van der Waals surface area (Å²) in [6, 6.07) is 15.2. The number of aliphatic hydroxyl groups excluding tert-OH is 1. The van der Waals surface area contributed by atoms with Crippen molar-refractivity contribution in [3.63, 3.8) is 0 Å². The number of hydrogen-bond acceptors (Lipinski definition) is 6. The van der Waals surface area contributed by atoms with Gasteiger partial charge in [0.2, 0.25) is 5.62 Å².